The molecule has 0 atom stereocenters. The van der Waals surface area contributed by atoms with E-state index < -0.39 is 15.8 Å². The van der Waals surface area contributed by atoms with Gasteiger partial charge >= 0.3 is 0 Å². The van der Waals surface area contributed by atoms with E-state index in [2.05, 4.69) is 41.9 Å². The predicted octanol–water partition coefficient (Wildman–Crippen LogP) is 4.83. The van der Waals surface area contributed by atoms with Gasteiger partial charge in [0.05, 0.1) is 9.80 Å². The zero-order valence-electron chi connectivity index (χ0n) is 19.0. The summed E-state index contributed by atoms with van der Waals surface area (Å²) in [5.74, 6) is -0.906. The van der Waals surface area contributed by atoms with Crippen molar-refractivity contribution in [2.24, 2.45) is 4.40 Å². The molecule has 0 bridgehead atoms. The van der Waals surface area contributed by atoms with Gasteiger partial charge in [0.25, 0.3) is 15.9 Å². The lowest BCUT2D eigenvalue weighted by Gasteiger charge is -2.23. The Labute approximate surface area is 203 Å². The van der Waals surface area contributed by atoms with Crippen LogP contribution in [0.3, 0.4) is 0 Å². The van der Waals surface area contributed by atoms with Crippen LogP contribution in [-0.4, -0.2) is 38.0 Å². The summed E-state index contributed by atoms with van der Waals surface area (Å²) in [5.41, 5.74) is 3.03. The molecule has 34 heavy (non-hydrogen) atoms. The van der Waals surface area contributed by atoms with Crippen LogP contribution in [0.5, 0.6) is 0 Å². The van der Waals surface area contributed by atoms with Crippen molar-refractivity contribution in [1.29, 1.82) is 0 Å². The van der Waals surface area contributed by atoms with E-state index in [-0.39, 0.29) is 27.9 Å². The van der Waals surface area contributed by atoms with Gasteiger partial charge in [-0.05, 0) is 59.8 Å². The minimum Gasteiger partial charge on any atom is -0.347 e. The van der Waals surface area contributed by atoms with Crippen molar-refractivity contribution >= 4 is 38.5 Å². The molecule has 0 spiro atoms. The molecule has 1 saturated heterocycles. The van der Waals surface area contributed by atoms with Crippen molar-refractivity contribution in [1.82, 2.24) is 4.90 Å². The largest absolute Gasteiger partial charge is 0.347 e. The van der Waals surface area contributed by atoms with Crippen LogP contribution in [-0.2, 0) is 20.2 Å². The van der Waals surface area contributed by atoms with Gasteiger partial charge in [0, 0.05) is 30.4 Å². The number of hydrogen-bond acceptors (Lipinski definition) is 5. The van der Waals surface area contributed by atoms with E-state index >= 15 is 0 Å². The predicted molar refractivity (Wildman–Crippen MR) is 135 cm³/mol. The first kappa shape index (κ1) is 24.0. The molecule has 0 saturated carbocycles. The van der Waals surface area contributed by atoms with Crippen LogP contribution < -0.4 is 4.90 Å². The summed E-state index contributed by atoms with van der Waals surface area (Å²) in [5, 5.41) is 0.0289. The van der Waals surface area contributed by atoms with Crippen LogP contribution >= 0.6 is 11.8 Å². The lowest BCUT2D eigenvalue weighted by Crippen LogP contribution is -2.29. The molecule has 0 N–H and O–H groups in total. The zero-order valence-corrected chi connectivity index (χ0v) is 20.7. The molecule has 176 valence electrons. The Bertz CT molecular complexity index is 1360. The van der Waals surface area contributed by atoms with Gasteiger partial charge in [0.2, 0.25) is 0 Å². The van der Waals surface area contributed by atoms with Crippen molar-refractivity contribution in [2.45, 2.75) is 24.2 Å². The second kappa shape index (κ2) is 8.88. The molecular formula is C25H24FN3O3S2. The number of benzene rings is 2. The Balaban J connectivity index is 1.70. The van der Waals surface area contributed by atoms with E-state index in [1.54, 1.807) is 6.08 Å². The number of amides is 1. The first-order valence-electron chi connectivity index (χ1n) is 10.5. The molecule has 1 fully saturated rings. The number of likely N-dealkylation sites (N-methyl/N-ethyl adjacent to an activating group) is 1. The third-order valence-corrected chi connectivity index (χ3v) is 8.26. The minimum atomic E-state index is -4.13. The summed E-state index contributed by atoms with van der Waals surface area (Å²) in [6, 6.07) is 12.5. The Morgan fingerprint density at radius 1 is 1.12 bits per heavy atom. The molecule has 2 aromatic carbocycles. The fraction of sp³-hybridized carbons (Fsp3) is 0.200. The molecule has 0 unspecified atom stereocenters. The van der Waals surface area contributed by atoms with E-state index in [0.717, 1.165) is 47.4 Å². The van der Waals surface area contributed by atoms with E-state index in [4.69, 9.17) is 0 Å². The van der Waals surface area contributed by atoms with Crippen molar-refractivity contribution in [2.75, 3.05) is 18.5 Å². The molecule has 0 aliphatic carbocycles. The number of anilines is 1. The topological polar surface area (TPSA) is 70.1 Å². The highest BCUT2D eigenvalue weighted by atomic mass is 32.2. The zero-order chi connectivity index (χ0) is 24.7. The van der Waals surface area contributed by atoms with Gasteiger partial charge < -0.3 is 4.90 Å². The monoisotopic (exact) mass is 497 g/mol. The van der Waals surface area contributed by atoms with Gasteiger partial charge in [-0.25, -0.2) is 4.39 Å². The van der Waals surface area contributed by atoms with Crippen molar-refractivity contribution in [3.63, 3.8) is 0 Å². The molecule has 2 heterocycles. The average molecular weight is 498 g/mol. The maximum atomic E-state index is 13.2. The van der Waals surface area contributed by atoms with Crippen molar-refractivity contribution in [3.05, 3.63) is 95.3 Å². The molecule has 6 nitrogen and oxygen atoms in total. The highest BCUT2D eigenvalue weighted by molar-refractivity contribution is 8.19. The van der Waals surface area contributed by atoms with Crippen LogP contribution in [0.1, 0.15) is 19.4 Å². The molecule has 1 amide bonds. The van der Waals surface area contributed by atoms with Crippen LogP contribution in [0.15, 0.2) is 93.2 Å². The van der Waals surface area contributed by atoms with Crippen molar-refractivity contribution < 1.29 is 17.6 Å². The number of carbonyl (C=O) groups is 1. The minimum absolute atomic E-state index is 0.0289. The van der Waals surface area contributed by atoms with E-state index in [1.807, 2.05) is 25.3 Å². The first-order chi connectivity index (χ1) is 16.1. The maximum absolute atomic E-state index is 13.2. The Morgan fingerprint density at radius 2 is 1.79 bits per heavy atom. The molecule has 2 aromatic rings. The number of para-hydroxylation sites is 1. The molecule has 4 rings (SSSR count). The Kier molecular flexibility index (Phi) is 6.26. The number of allylic oxidation sites excluding steroid dienone is 3. The van der Waals surface area contributed by atoms with E-state index in [1.165, 1.54) is 16.5 Å². The SMILES string of the molecule is C=CCN1C(=O)/C(=C/C=C2/N(C)c3ccccc3C2(C)C)S/C1=N/S(=O)(=O)c1ccc(F)cc1. The quantitative estimate of drug-likeness (QED) is 0.437. The average Bonchev–Trinajstić information content (AvgIpc) is 3.18. The smallest absolute Gasteiger partial charge is 0.284 e. The summed E-state index contributed by atoms with van der Waals surface area (Å²) in [7, 11) is -2.15. The molecular weight excluding hydrogens is 473 g/mol. The highest BCUT2D eigenvalue weighted by Crippen LogP contribution is 2.46. The molecule has 2 aliphatic rings. The Morgan fingerprint density at radius 3 is 2.44 bits per heavy atom. The van der Waals surface area contributed by atoms with Crippen LogP contribution in [0.25, 0.3) is 0 Å². The lowest BCUT2D eigenvalue weighted by molar-refractivity contribution is -0.121. The van der Waals surface area contributed by atoms with Gasteiger partial charge in [-0.3, -0.25) is 9.69 Å². The number of carbonyl (C=O) groups excluding carboxylic acids is 1. The summed E-state index contributed by atoms with van der Waals surface area (Å²) in [6.07, 6.45) is 5.10. The molecule has 9 heteroatoms. The fourth-order valence-electron chi connectivity index (χ4n) is 4.10. The number of fused-ring (bicyclic) bond motifs is 1. The Hall–Kier alpha value is -3.17. The van der Waals surface area contributed by atoms with Crippen LogP contribution in [0.4, 0.5) is 10.1 Å². The highest BCUT2D eigenvalue weighted by Gasteiger charge is 2.38. The molecule has 0 radical (unpaired) electrons. The van der Waals surface area contributed by atoms with Crippen molar-refractivity contribution in [3.8, 4) is 0 Å². The number of thioether (sulfide) groups is 1. The number of amidine groups is 1. The van der Waals surface area contributed by atoms with E-state index in [0.29, 0.717) is 4.91 Å². The van der Waals surface area contributed by atoms with Gasteiger partial charge in [-0.15, -0.1) is 11.0 Å². The molecule has 0 aromatic heterocycles. The number of sulfonamides is 1. The fourth-order valence-corrected chi connectivity index (χ4v) is 6.23. The normalized spacial score (nSPS) is 21.1. The number of rotatable bonds is 5. The summed E-state index contributed by atoms with van der Waals surface area (Å²) >= 11 is 0.983. The maximum Gasteiger partial charge on any atom is 0.284 e. The van der Waals surface area contributed by atoms with E-state index in [9.17, 15) is 17.6 Å². The summed E-state index contributed by atoms with van der Waals surface area (Å²) in [4.78, 5) is 16.6. The third kappa shape index (κ3) is 4.21. The van der Waals surface area contributed by atoms with Crippen LogP contribution in [0, 0.1) is 5.82 Å². The summed E-state index contributed by atoms with van der Waals surface area (Å²) < 4.78 is 42.6. The standard InChI is InChI=1S/C25H24FN3O3S2/c1-5-16-29-23(30)21(33-24(29)27-34(31,32)18-12-10-17(26)11-13-18)14-15-22-25(2,3)19-8-6-7-9-20(19)28(22)4/h5-15H,1,16H2,2-4H3/b21-14-,22-15+,27-24+. The summed E-state index contributed by atoms with van der Waals surface area (Å²) in [6.45, 7) is 8.00. The number of hydrogen-bond donors (Lipinski definition) is 0. The molecule has 2 aliphatic heterocycles. The van der Waals surface area contributed by atoms with Crippen LogP contribution in [0.2, 0.25) is 0 Å². The third-order valence-electron chi connectivity index (χ3n) is 5.84. The first-order valence-corrected chi connectivity index (χ1v) is 12.8. The lowest BCUT2D eigenvalue weighted by atomic mass is 9.84. The second-order valence-electron chi connectivity index (χ2n) is 8.39. The second-order valence-corrected chi connectivity index (χ2v) is 11.0. The van der Waals surface area contributed by atoms with Gasteiger partial charge in [-0.2, -0.15) is 8.42 Å². The van der Waals surface area contributed by atoms with Gasteiger partial charge in [-0.1, -0.05) is 38.1 Å². The van der Waals surface area contributed by atoms with Gasteiger partial charge in [0.15, 0.2) is 5.17 Å². The number of halogens is 1. The van der Waals surface area contributed by atoms with Gasteiger partial charge in [0.1, 0.15) is 5.82 Å². The number of nitrogens with zero attached hydrogens (tertiary/aromatic N) is 3.